The number of thiophene rings is 1. The summed E-state index contributed by atoms with van der Waals surface area (Å²) >= 11 is 13.7. The Bertz CT molecular complexity index is 1120. The molecule has 9 heteroatoms. The number of rotatable bonds is 9. The number of amides is 3. The van der Waals surface area contributed by atoms with E-state index >= 15 is 0 Å². The molecule has 1 saturated heterocycles. The average Bonchev–Trinajstić information content (AvgIpc) is 3.56. The normalized spacial score (nSPS) is 15.1. The number of carbonyl (C=O) groups excluding carboxylic acids is 2. The number of nitrogens with zero attached hydrogens (tertiary/aromatic N) is 2. The van der Waals surface area contributed by atoms with Crippen molar-refractivity contribution in [3.63, 3.8) is 0 Å². The van der Waals surface area contributed by atoms with Crippen molar-refractivity contribution >= 4 is 52.2 Å². The first kappa shape index (κ1) is 25.5. The summed E-state index contributed by atoms with van der Waals surface area (Å²) in [5.41, 5.74) is 1.54. The first-order chi connectivity index (χ1) is 17.0. The largest absolute Gasteiger partial charge is 0.376 e. The Morgan fingerprint density at radius 1 is 1.00 bits per heavy atom. The topological polar surface area (TPSA) is 61.9 Å². The lowest BCUT2D eigenvalue weighted by Gasteiger charge is -2.29. The first-order valence-electron chi connectivity index (χ1n) is 11.4. The van der Waals surface area contributed by atoms with E-state index in [1.807, 2.05) is 47.8 Å². The van der Waals surface area contributed by atoms with Gasteiger partial charge in [-0.2, -0.15) is 0 Å². The van der Waals surface area contributed by atoms with E-state index in [-0.39, 0.29) is 24.6 Å². The molecule has 1 N–H and O–H groups in total. The fourth-order valence-electron chi connectivity index (χ4n) is 3.92. The molecule has 0 bridgehead atoms. The van der Waals surface area contributed by atoms with Gasteiger partial charge in [0.1, 0.15) is 6.54 Å². The van der Waals surface area contributed by atoms with Crippen molar-refractivity contribution in [2.45, 2.75) is 32.0 Å². The van der Waals surface area contributed by atoms with Gasteiger partial charge in [0, 0.05) is 30.3 Å². The number of anilines is 1. The summed E-state index contributed by atoms with van der Waals surface area (Å²) in [5.74, 6) is -0.135. The fourth-order valence-corrected chi connectivity index (χ4v) is 4.94. The molecule has 35 heavy (non-hydrogen) atoms. The molecule has 0 aliphatic carbocycles. The van der Waals surface area contributed by atoms with Crippen LogP contribution in [-0.2, 0) is 22.6 Å². The van der Waals surface area contributed by atoms with E-state index in [2.05, 4.69) is 5.32 Å². The van der Waals surface area contributed by atoms with Crippen LogP contribution in [0, 0.1) is 0 Å². The van der Waals surface area contributed by atoms with Crippen molar-refractivity contribution in [3.05, 3.63) is 86.5 Å². The van der Waals surface area contributed by atoms with Crippen LogP contribution in [-0.4, -0.2) is 47.5 Å². The van der Waals surface area contributed by atoms with E-state index in [0.717, 1.165) is 23.3 Å². The second-order valence-corrected chi connectivity index (χ2v) is 10.2. The van der Waals surface area contributed by atoms with E-state index in [1.54, 1.807) is 34.4 Å². The number of benzene rings is 2. The van der Waals surface area contributed by atoms with Gasteiger partial charge in [-0.3, -0.25) is 4.79 Å². The quantitative estimate of drug-likeness (QED) is 0.352. The van der Waals surface area contributed by atoms with Gasteiger partial charge in [0.2, 0.25) is 5.91 Å². The van der Waals surface area contributed by atoms with Gasteiger partial charge in [-0.15, -0.1) is 11.3 Å². The highest BCUT2D eigenvalue weighted by molar-refractivity contribution is 7.09. The van der Waals surface area contributed by atoms with Gasteiger partial charge >= 0.3 is 6.03 Å². The predicted molar refractivity (Wildman–Crippen MR) is 141 cm³/mol. The summed E-state index contributed by atoms with van der Waals surface area (Å²) in [6, 6.07) is 18.3. The molecule has 6 nitrogen and oxygen atoms in total. The van der Waals surface area contributed by atoms with Gasteiger partial charge in [-0.25, -0.2) is 4.79 Å². The molecule has 1 unspecified atom stereocenters. The van der Waals surface area contributed by atoms with Crippen molar-refractivity contribution in [1.29, 1.82) is 0 Å². The van der Waals surface area contributed by atoms with Crippen LogP contribution in [0.4, 0.5) is 10.5 Å². The number of carbonyl (C=O) groups is 2. The van der Waals surface area contributed by atoms with Crippen molar-refractivity contribution in [2.24, 2.45) is 0 Å². The van der Waals surface area contributed by atoms with Crippen molar-refractivity contribution < 1.29 is 14.3 Å². The molecule has 1 aliphatic heterocycles. The minimum atomic E-state index is -0.386. The Labute approximate surface area is 219 Å². The zero-order valence-electron chi connectivity index (χ0n) is 19.2. The molecule has 3 amide bonds. The molecule has 2 heterocycles. The van der Waals surface area contributed by atoms with Gasteiger partial charge in [0.15, 0.2) is 0 Å². The average molecular weight is 532 g/mol. The summed E-state index contributed by atoms with van der Waals surface area (Å²) in [7, 11) is 0. The standard InChI is InChI=1S/C26H27Cl2N3O3S/c27-23-11-10-20(14-24(23)28)29-26(33)31(16-21-8-4-12-34-21)18-25(32)30(17-22-9-5-13-35-22)15-19-6-2-1-3-7-19/h1-3,5-7,9-11,13-14,21H,4,8,12,15-18H2,(H,29,33). The van der Waals surface area contributed by atoms with Gasteiger partial charge in [-0.1, -0.05) is 59.6 Å². The molecule has 0 saturated carbocycles. The number of nitrogens with one attached hydrogen (secondary N) is 1. The summed E-state index contributed by atoms with van der Waals surface area (Å²) in [4.78, 5) is 31.2. The van der Waals surface area contributed by atoms with Crippen molar-refractivity contribution in [3.8, 4) is 0 Å². The summed E-state index contributed by atoms with van der Waals surface area (Å²) in [6.07, 6.45) is 1.70. The third kappa shape index (κ3) is 7.45. The minimum absolute atomic E-state index is 0.0643. The molecule has 1 aromatic heterocycles. The fraction of sp³-hybridized carbons (Fsp3) is 0.308. The van der Waals surface area contributed by atoms with Crippen LogP contribution in [0.1, 0.15) is 23.3 Å². The van der Waals surface area contributed by atoms with E-state index in [0.29, 0.717) is 42.0 Å². The lowest BCUT2D eigenvalue weighted by molar-refractivity contribution is -0.133. The molecular weight excluding hydrogens is 505 g/mol. The van der Waals surface area contributed by atoms with E-state index < -0.39 is 0 Å². The Kier molecular flexibility index (Phi) is 9.04. The van der Waals surface area contributed by atoms with Crippen LogP contribution >= 0.6 is 34.5 Å². The molecule has 1 aliphatic rings. The zero-order chi connectivity index (χ0) is 24.6. The van der Waals surface area contributed by atoms with Gasteiger partial charge in [0.25, 0.3) is 0 Å². The molecule has 4 rings (SSSR count). The molecule has 2 aromatic carbocycles. The van der Waals surface area contributed by atoms with Crippen molar-refractivity contribution in [1.82, 2.24) is 9.80 Å². The number of ether oxygens (including phenoxy) is 1. The van der Waals surface area contributed by atoms with Crippen LogP contribution in [0.2, 0.25) is 10.0 Å². The van der Waals surface area contributed by atoms with Crippen molar-refractivity contribution in [2.75, 3.05) is 25.0 Å². The lowest BCUT2D eigenvalue weighted by Crippen LogP contribution is -2.46. The van der Waals surface area contributed by atoms with Crippen LogP contribution in [0.3, 0.4) is 0 Å². The Balaban J connectivity index is 1.50. The van der Waals surface area contributed by atoms with E-state index in [1.165, 1.54) is 4.90 Å². The summed E-state index contributed by atoms with van der Waals surface area (Å²) < 4.78 is 5.76. The smallest absolute Gasteiger partial charge is 0.322 e. The summed E-state index contributed by atoms with van der Waals surface area (Å²) in [6.45, 7) is 1.87. The van der Waals surface area contributed by atoms with E-state index in [9.17, 15) is 9.59 Å². The van der Waals surface area contributed by atoms with E-state index in [4.69, 9.17) is 27.9 Å². The van der Waals surface area contributed by atoms with Gasteiger partial charge in [-0.05, 0) is 48.1 Å². The molecule has 0 radical (unpaired) electrons. The van der Waals surface area contributed by atoms with Crippen LogP contribution in [0.15, 0.2) is 66.0 Å². The van der Waals surface area contributed by atoms with Crippen LogP contribution in [0.5, 0.6) is 0 Å². The Hall–Kier alpha value is -2.58. The number of halogens is 2. The monoisotopic (exact) mass is 531 g/mol. The van der Waals surface area contributed by atoms with Crippen LogP contribution in [0.25, 0.3) is 0 Å². The molecule has 1 fully saturated rings. The van der Waals surface area contributed by atoms with Crippen LogP contribution < -0.4 is 5.32 Å². The Morgan fingerprint density at radius 2 is 1.83 bits per heavy atom. The maximum Gasteiger partial charge on any atom is 0.322 e. The molecule has 3 aromatic rings. The predicted octanol–water partition coefficient (Wildman–Crippen LogP) is 6.30. The highest BCUT2D eigenvalue weighted by Crippen LogP contribution is 2.25. The van der Waals surface area contributed by atoms with Gasteiger partial charge < -0.3 is 19.9 Å². The minimum Gasteiger partial charge on any atom is -0.376 e. The SMILES string of the molecule is O=C(CN(CC1CCCO1)C(=O)Nc1ccc(Cl)c(Cl)c1)N(Cc1ccccc1)Cc1cccs1. The maximum atomic E-state index is 13.5. The van der Waals surface area contributed by atoms with Gasteiger partial charge in [0.05, 0.1) is 22.7 Å². The first-order valence-corrected chi connectivity index (χ1v) is 13.1. The molecular formula is C26H27Cl2N3O3S. The second-order valence-electron chi connectivity index (χ2n) is 8.39. The molecule has 184 valence electrons. The number of urea groups is 1. The Morgan fingerprint density at radius 3 is 2.51 bits per heavy atom. The highest BCUT2D eigenvalue weighted by atomic mass is 35.5. The second kappa shape index (κ2) is 12.4. The number of hydrogen-bond donors (Lipinski definition) is 1. The molecule has 1 atom stereocenters. The third-order valence-electron chi connectivity index (χ3n) is 5.73. The molecule has 0 spiro atoms. The lowest BCUT2D eigenvalue weighted by atomic mass is 10.2. The third-order valence-corrected chi connectivity index (χ3v) is 7.33. The highest BCUT2D eigenvalue weighted by Gasteiger charge is 2.27. The maximum absolute atomic E-state index is 13.5. The number of hydrogen-bond acceptors (Lipinski definition) is 4. The zero-order valence-corrected chi connectivity index (χ0v) is 21.5. The summed E-state index contributed by atoms with van der Waals surface area (Å²) in [5, 5.41) is 5.59.